The van der Waals surface area contributed by atoms with E-state index in [0.717, 1.165) is 36.4 Å². The first-order chi connectivity index (χ1) is 13.8. The number of hydrogen-bond acceptors (Lipinski definition) is 6. The summed E-state index contributed by atoms with van der Waals surface area (Å²) in [6, 6.07) is 4.52. The molecular formula is C21H26N4O4. The molecule has 0 spiro atoms. The fraction of sp³-hybridized carbons (Fsp3) is 0.524. The number of nitrogens with one attached hydrogen (secondary N) is 1. The van der Waals surface area contributed by atoms with Gasteiger partial charge >= 0.3 is 0 Å². The summed E-state index contributed by atoms with van der Waals surface area (Å²) >= 11 is 0. The maximum Gasteiger partial charge on any atom is 0.262 e. The van der Waals surface area contributed by atoms with Gasteiger partial charge in [0.2, 0.25) is 11.8 Å². The number of likely N-dealkylation sites (tertiary alicyclic amines) is 1. The second-order valence-electron chi connectivity index (χ2n) is 8.32. The van der Waals surface area contributed by atoms with Crippen LogP contribution >= 0.6 is 0 Å². The van der Waals surface area contributed by atoms with Crippen LogP contribution in [0.2, 0.25) is 0 Å². The average Bonchev–Trinajstić information content (AvgIpc) is 2.93. The minimum absolute atomic E-state index is 0.116. The highest BCUT2D eigenvalue weighted by molar-refractivity contribution is 6.23. The third-order valence-corrected chi connectivity index (χ3v) is 6.20. The lowest BCUT2D eigenvalue weighted by Crippen LogP contribution is -2.54. The van der Waals surface area contributed by atoms with Gasteiger partial charge in [-0.3, -0.25) is 34.3 Å². The van der Waals surface area contributed by atoms with E-state index in [9.17, 15) is 19.2 Å². The van der Waals surface area contributed by atoms with Crippen molar-refractivity contribution in [1.29, 1.82) is 0 Å². The third-order valence-electron chi connectivity index (χ3n) is 6.20. The molecule has 4 rings (SSSR count). The van der Waals surface area contributed by atoms with E-state index in [0.29, 0.717) is 23.6 Å². The Morgan fingerprint density at radius 1 is 1.14 bits per heavy atom. The van der Waals surface area contributed by atoms with Gasteiger partial charge in [-0.15, -0.1) is 0 Å². The van der Waals surface area contributed by atoms with Gasteiger partial charge < -0.3 is 5.73 Å². The molecule has 8 heteroatoms. The normalized spacial score (nSPS) is 26.5. The highest BCUT2D eigenvalue weighted by Gasteiger charge is 2.44. The maximum absolute atomic E-state index is 12.9. The molecule has 2 saturated heterocycles. The summed E-state index contributed by atoms with van der Waals surface area (Å²) in [5.74, 6) is -1.44. The van der Waals surface area contributed by atoms with Gasteiger partial charge in [-0.2, -0.15) is 0 Å². The Morgan fingerprint density at radius 3 is 2.62 bits per heavy atom. The molecule has 3 unspecified atom stereocenters. The van der Waals surface area contributed by atoms with Crippen LogP contribution in [0.15, 0.2) is 18.2 Å². The number of hydrogen-bond donors (Lipinski definition) is 2. The first kappa shape index (κ1) is 19.7. The minimum Gasteiger partial charge on any atom is -0.328 e. The second-order valence-corrected chi connectivity index (χ2v) is 8.32. The van der Waals surface area contributed by atoms with Crippen LogP contribution in [0, 0.1) is 5.92 Å². The summed E-state index contributed by atoms with van der Waals surface area (Å²) in [7, 11) is 0. The largest absolute Gasteiger partial charge is 0.328 e. The quantitative estimate of drug-likeness (QED) is 0.720. The van der Waals surface area contributed by atoms with Crippen LogP contribution in [0.4, 0.5) is 0 Å². The van der Waals surface area contributed by atoms with Crippen molar-refractivity contribution in [2.45, 2.75) is 51.2 Å². The van der Waals surface area contributed by atoms with Gasteiger partial charge in [-0.1, -0.05) is 6.07 Å². The number of nitrogens with two attached hydrogens (primary N) is 1. The van der Waals surface area contributed by atoms with Crippen LogP contribution in [0.3, 0.4) is 0 Å². The van der Waals surface area contributed by atoms with E-state index in [2.05, 4.69) is 10.2 Å². The number of amides is 4. The molecule has 1 aromatic rings. The molecule has 2 fully saturated rings. The van der Waals surface area contributed by atoms with Crippen molar-refractivity contribution in [2.24, 2.45) is 11.7 Å². The van der Waals surface area contributed by atoms with E-state index in [-0.39, 0.29) is 24.8 Å². The maximum atomic E-state index is 12.9. The van der Waals surface area contributed by atoms with Crippen molar-refractivity contribution in [2.75, 3.05) is 13.1 Å². The number of benzene rings is 1. The zero-order valence-corrected chi connectivity index (χ0v) is 16.5. The van der Waals surface area contributed by atoms with Crippen LogP contribution in [0.5, 0.6) is 0 Å². The summed E-state index contributed by atoms with van der Waals surface area (Å²) in [4.78, 5) is 52.6. The molecule has 8 nitrogen and oxygen atoms in total. The van der Waals surface area contributed by atoms with Crippen molar-refractivity contribution in [3.63, 3.8) is 0 Å². The van der Waals surface area contributed by atoms with Crippen molar-refractivity contribution in [3.8, 4) is 0 Å². The van der Waals surface area contributed by atoms with E-state index < -0.39 is 23.8 Å². The zero-order chi connectivity index (χ0) is 20.7. The molecule has 0 bridgehead atoms. The minimum atomic E-state index is -0.933. The van der Waals surface area contributed by atoms with Gasteiger partial charge in [0.25, 0.3) is 11.8 Å². The smallest absolute Gasteiger partial charge is 0.262 e. The number of imide groups is 2. The summed E-state index contributed by atoms with van der Waals surface area (Å²) in [5, 5.41) is 2.21. The molecule has 3 N–H and O–H groups in total. The summed E-state index contributed by atoms with van der Waals surface area (Å²) in [5.41, 5.74) is 7.67. The molecular weight excluding hydrogens is 372 g/mol. The van der Waals surface area contributed by atoms with Crippen LogP contribution in [-0.4, -0.2) is 58.6 Å². The Labute approximate surface area is 169 Å². The van der Waals surface area contributed by atoms with Crippen molar-refractivity contribution >= 4 is 23.6 Å². The van der Waals surface area contributed by atoms with Crippen LogP contribution in [0.1, 0.15) is 58.9 Å². The molecule has 0 radical (unpaired) electrons. The molecule has 3 heterocycles. The lowest BCUT2D eigenvalue weighted by Gasteiger charge is -2.34. The lowest BCUT2D eigenvalue weighted by atomic mass is 9.92. The molecule has 1 aromatic carbocycles. The number of rotatable bonds is 4. The van der Waals surface area contributed by atoms with Gasteiger partial charge in [-0.25, -0.2) is 0 Å². The Bertz CT molecular complexity index is 881. The van der Waals surface area contributed by atoms with Crippen LogP contribution < -0.4 is 11.1 Å². The fourth-order valence-electron chi connectivity index (χ4n) is 4.54. The Hall–Kier alpha value is -2.58. The van der Waals surface area contributed by atoms with Crippen molar-refractivity contribution in [1.82, 2.24) is 15.1 Å². The zero-order valence-electron chi connectivity index (χ0n) is 16.5. The molecule has 3 aliphatic heterocycles. The first-order valence-corrected chi connectivity index (χ1v) is 10.2. The molecule has 3 aliphatic rings. The van der Waals surface area contributed by atoms with Gasteiger partial charge in [-0.05, 0) is 56.3 Å². The summed E-state index contributed by atoms with van der Waals surface area (Å²) in [6.07, 6.45) is 2.50. The SMILES string of the molecule is CC(N)C1CCCN(Cc2ccc3c(c2)C(=O)N(C2CCC(=O)NC2=O)C3=O)C1. The second kappa shape index (κ2) is 7.68. The van der Waals surface area contributed by atoms with Crippen LogP contribution in [-0.2, 0) is 16.1 Å². The molecule has 0 aliphatic carbocycles. The third kappa shape index (κ3) is 3.70. The highest BCUT2D eigenvalue weighted by atomic mass is 16.2. The fourth-order valence-corrected chi connectivity index (χ4v) is 4.54. The Balaban J connectivity index is 1.51. The lowest BCUT2D eigenvalue weighted by molar-refractivity contribution is -0.136. The number of carbonyl (C=O) groups excluding carboxylic acids is 4. The molecule has 29 heavy (non-hydrogen) atoms. The van der Waals surface area contributed by atoms with E-state index in [1.54, 1.807) is 12.1 Å². The van der Waals surface area contributed by atoms with Crippen molar-refractivity contribution < 1.29 is 19.2 Å². The van der Waals surface area contributed by atoms with Crippen molar-refractivity contribution in [3.05, 3.63) is 34.9 Å². The Kier molecular flexibility index (Phi) is 5.23. The summed E-state index contributed by atoms with van der Waals surface area (Å²) < 4.78 is 0. The van der Waals surface area contributed by atoms with E-state index in [1.807, 2.05) is 13.0 Å². The predicted molar refractivity (Wildman–Crippen MR) is 105 cm³/mol. The number of piperidine rings is 2. The predicted octanol–water partition coefficient (Wildman–Crippen LogP) is 0.647. The molecule has 0 saturated carbocycles. The number of carbonyl (C=O) groups is 4. The Morgan fingerprint density at radius 2 is 1.90 bits per heavy atom. The van der Waals surface area contributed by atoms with Gasteiger partial charge in [0.15, 0.2) is 0 Å². The van der Waals surface area contributed by atoms with E-state index in [4.69, 9.17) is 5.73 Å². The topological polar surface area (TPSA) is 113 Å². The monoisotopic (exact) mass is 398 g/mol. The number of fused-ring (bicyclic) bond motifs is 1. The number of nitrogens with zero attached hydrogens (tertiary/aromatic N) is 2. The first-order valence-electron chi connectivity index (χ1n) is 10.2. The molecule has 154 valence electrons. The van der Waals surface area contributed by atoms with Crippen LogP contribution in [0.25, 0.3) is 0 Å². The standard InChI is InChI=1S/C21H26N4O4/c1-12(22)14-3-2-8-24(11-14)10-13-4-5-15-16(9-13)21(29)25(20(15)28)17-6-7-18(26)23-19(17)27/h4-5,9,12,14,17H,2-3,6-8,10-11,22H2,1H3,(H,23,26,27). The molecule has 4 amide bonds. The van der Waals surface area contributed by atoms with Gasteiger partial charge in [0, 0.05) is 25.6 Å². The van der Waals surface area contributed by atoms with Gasteiger partial charge in [0.05, 0.1) is 11.1 Å². The van der Waals surface area contributed by atoms with E-state index >= 15 is 0 Å². The summed E-state index contributed by atoms with van der Waals surface area (Å²) in [6.45, 7) is 4.63. The molecule has 3 atom stereocenters. The van der Waals surface area contributed by atoms with Gasteiger partial charge in [0.1, 0.15) is 6.04 Å². The highest BCUT2D eigenvalue weighted by Crippen LogP contribution is 2.29. The van der Waals surface area contributed by atoms with E-state index in [1.165, 1.54) is 0 Å². The average molecular weight is 398 g/mol. The molecule has 0 aromatic heterocycles.